The van der Waals surface area contributed by atoms with Crippen molar-refractivity contribution in [2.45, 2.75) is 20.0 Å². The second kappa shape index (κ2) is 8.97. The molecule has 0 unspecified atom stereocenters. The van der Waals surface area contributed by atoms with Gasteiger partial charge in [0.1, 0.15) is 0 Å². The Balaban J connectivity index is 1.64. The normalized spacial score (nSPS) is 11.7. The van der Waals surface area contributed by atoms with E-state index in [1.54, 1.807) is 72.8 Å². The van der Waals surface area contributed by atoms with E-state index >= 15 is 0 Å². The first kappa shape index (κ1) is 22.4. The summed E-state index contributed by atoms with van der Waals surface area (Å²) < 4.78 is 42.3. The Labute approximate surface area is 189 Å². The van der Waals surface area contributed by atoms with Gasteiger partial charge in [-0.25, -0.2) is 9.78 Å². The van der Waals surface area contributed by atoms with Crippen LogP contribution in [0.4, 0.5) is 23.7 Å². The molecule has 0 atom stereocenters. The number of rotatable bonds is 5. The third kappa shape index (κ3) is 5.00. The van der Waals surface area contributed by atoms with E-state index in [-0.39, 0.29) is 11.5 Å². The van der Waals surface area contributed by atoms with Crippen LogP contribution in [-0.4, -0.2) is 22.1 Å². The van der Waals surface area contributed by atoms with Crippen molar-refractivity contribution in [2.75, 3.05) is 11.9 Å². The second-order valence-electron chi connectivity index (χ2n) is 8.11. The third-order valence-electron chi connectivity index (χ3n) is 5.07. The molecule has 0 saturated heterocycles. The minimum absolute atomic E-state index is 0.249. The number of urea groups is 1. The topological polar surface area (TPSA) is 59.0 Å². The number of amides is 2. The van der Waals surface area contributed by atoms with Crippen LogP contribution >= 0.6 is 0 Å². The molecule has 0 saturated carbocycles. The maximum absolute atomic E-state index is 13.7. The van der Waals surface area contributed by atoms with Gasteiger partial charge in [-0.2, -0.15) is 13.2 Å². The maximum atomic E-state index is 13.7. The van der Waals surface area contributed by atoms with E-state index in [4.69, 9.17) is 0 Å². The predicted molar refractivity (Wildman–Crippen MR) is 123 cm³/mol. The molecule has 4 aromatic rings. The summed E-state index contributed by atoms with van der Waals surface area (Å²) >= 11 is 0. The summed E-state index contributed by atoms with van der Waals surface area (Å²) in [6.07, 6.45) is -4.60. The van der Waals surface area contributed by atoms with Crippen LogP contribution in [0.3, 0.4) is 0 Å². The van der Waals surface area contributed by atoms with E-state index in [1.165, 1.54) is 0 Å². The van der Waals surface area contributed by atoms with Crippen LogP contribution in [0, 0.1) is 5.92 Å². The highest BCUT2D eigenvalue weighted by Crippen LogP contribution is 2.35. The highest BCUT2D eigenvalue weighted by molar-refractivity contribution is 5.90. The standard InChI is InChI=1S/C25H23F3N4O/c1-16(2)15-29-24(33)30-19-11-8-17(9-12-19)18-10-13-22-21(14-18)31-23(25(26,27)28)32(22)20-6-4-3-5-7-20/h3-14,16H,15H2,1-2H3,(H2,29,30,33). The van der Waals surface area contributed by atoms with Crippen molar-refractivity contribution < 1.29 is 18.0 Å². The van der Waals surface area contributed by atoms with Crippen LogP contribution in [0.1, 0.15) is 19.7 Å². The molecular formula is C25H23F3N4O. The first-order chi connectivity index (χ1) is 15.7. The Kier molecular flexibility index (Phi) is 6.09. The number of carbonyl (C=O) groups excluding carboxylic acids is 1. The van der Waals surface area contributed by atoms with Crippen molar-refractivity contribution >= 4 is 22.8 Å². The molecule has 0 aliphatic rings. The number of hydrogen-bond donors (Lipinski definition) is 2. The molecule has 0 aliphatic carbocycles. The lowest BCUT2D eigenvalue weighted by Crippen LogP contribution is -2.31. The molecule has 8 heteroatoms. The van der Waals surface area contributed by atoms with Crippen molar-refractivity contribution in [3.63, 3.8) is 0 Å². The van der Waals surface area contributed by atoms with E-state index in [0.717, 1.165) is 15.7 Å². The third-order valence-corrected chi connectivity index (χ3v) is 5.07. The van der Waals surface area contributed by atoms with E-state index in [0.29, 0.717) is 29.4 Å². The van der Waals surface area contributed by atoms with Crippen molar-refractivity contribution in [2.24, 2.45) is 5.92 Å². The number of benzene rings is 3. The first-order valence-corrected chi connectivity index (χ1v) is 10.5. The summed E-state index contributed by atoms with van der Waals surface area (Å²) in [5.41, 5.74) is 3.16. The fraction of sp³-hybridized carbons (Fsp3) is 0.200. The molecule has 170 valence electrons. The number of hydrogen-bond acceptors (Lipinski definition) is 2. The summed E-state index contributed by atoms with van der Waals surface area (Å²) in [4.78, 5) is 15.8. The monoisotopic (exact) mass is 452 g/mol. The SMILES string of the molecule is CC(C)CNC(=O)Nc1ccc(-c2ccc3c(c2)nc(C(F)(F)F)n3-c2ccccc2)cc1. The number of para-hydroxylation sites is 1. The summed E-state index contributed by atoms with van der Waals surface area (Å²) in [5.74, 6) is -0.621. The molecule has 33 heavy (non-hydrogen) atoms. The summed E-state index contributed by atoms with van der Waals surface area (Å²) in [7, 11) is 0. The average molecular weight is 452 g/mol. The van der Waals surface area contributed by atoms with Crippen molar-refractivity contribution in [1.29, 1.82) is 0 Å². The van der Waals surface area contributed by atoms with Gasteiger partial charge in [-0.1, -0.05) is 50.2 Å². The van der Waals surface area contributed by atoms with Crippen LogP contribution in [0.5, 0.6) is 0 Å². The molecule has 3 aromatic carbocycles. The highest BCUT2D eigenvalue weighted by Gasteiger charge is 2.38. The van der Waals surface area contributed by atoms with Crippen LogP contribution in [0.15, 0.2) is 72.8 Å². The molecule has 0 bridgehead atoms. The number of alkyl halides is 3. The first-order valence-electron chi connectivity index (χ1n) is 10.5. The number of aromatic nitrogens is 2. The maximum Gasteiger partial charge on any atom is 0.450 e. The van der Waals surface area contributed by atoms with Crippen molar-refractivity contribution in [3.05, 3.63) is 78.6 Å². The molecular weight excluding hydrogens is 429 g/mol. The molecule has 1 heterocycles. The minimum atomic E-state index is -4.60. The lowest BCUT2D eigenvalue weighted by atomic mass is 10.0. The van der Waals surface area contributed by atoms with Crippen LogP contribution in [0.2, 0.25) is 0 Å². The number of nitrogens with zero attached hydrogens (tertiary/aromatic N) is 2. The summed E-state index contributed by atoms with van der Waals surface area (Å²) in [5, 5.41) is 5.54. The number of nitrogens with one attached hydrogen (secondary N) is 2. The quantitative estimate of drug-likeness (QED) is 0.364. The molecule has 0 aliphatic heterocycles. The van der Waals surface area contributed by atoms with Crippen LogP contribution < -0.4 is 10.6 Å². The molecule has 2 N–H and O–H groups in total. The lowest BCUT2D eigenvalue weighted by Gasteiger charge is -2.11. The highest BCUT2D eigenvalue weighted by atomic mass is 19.4. The van der Waals surface area contributed by atoms with Gasteiger partial charge in [0.2, 0.25) is 5.82 Å². The van der Waals surface area contributed by atoms with E-state index in [9.17, 15) is 18.0 Å². The Morgan fingerprint density at radius 2 is 1.64 bits per heavy atom. The van der Waals surface area contributed by atoms with Gasteiger partial charge in [-0.3, -0.25) is 4.57 Å². The van der Waals surface area contributed by atoms with E-state index in [1.807, 2.05) is 13.8 Å². The number of carbonyl (C=O) groups is 1. The number of fused-ring (bicyclic) bond motifs is 1. The Morgan fingerprint density at radius 1 is 0.970 bits per heavy atom. The van der Waals surface area contributed by atoms with Gasteiger partial charge in [0, 0.05) is 17.9 Å². The number of anilines is 1. The van der Waals surface area contributed by atoms with Crippen molar-refractivity contribution in [3.8, 4) is 16.8 Å². The zero-order valence-electron chi connectivity index (χ0n) is 18.1. The molecule has 5 nitrogen and oxygen atoms in total. The Bertz CT molecular complexity index is 1260. The van der Waals surface area contributed by atoms with Gasteiger partial charge in [-0.15, -0.1) is 0 Å². The fourth-order valence-corrected chi connectivity index (χ4v) is 3.51. The Morgan fingerprint density at radius 3 is 2.27 bits per heavy atom. The second-order valence-corrected chi connectivity index (χ2v) is 8.11. The number of imidazole rings is 1. The smallest absolute Gasteiger partial charge is 0.338 e. The van der Waals surface area contributed by atoms with E-state index in [2.05, 4.69) is 15.6 Å². The van der Waals surface area contributed by atoms with Crippen LogP contribution in [-0.2, 0) is 6.18 Å². The van der Waals surface area contributed by atoms with Gasteiger partial charge in [0.15, 0.2) is 0 Å². The predicted octanol–water partition coefficient (Wildman–Crippen LogP) is 6.49. The van der Waals surface area contributed by atoms with Gasteiger partial charge < -0.3 is 10.6 Å². The average Bonchev–Trinajstić information content (AvgIpc) is 3.18. The Hall–Kier alpha value is -3.81. The molecule has 1 aromatic heterocycles. The molecule has 0 fully saturated rings. The van der Waals surface area contributed by atoms with Gasteiger partial charge in [0.05, 0.1) is 11.0 Å². The molecule has 4 rings (SSSR count). The van der Waals surface area contributed by atoms with Gasteiger partial charge in [-0.05, 0) is 53.4 Å². The molecule has 0 radical (unpaired) electrons. The summed E-state index contributed by atoms with van der Waals surface area (Å²) in [6, 6.07) is 20.2. The minimum Gasteiger partial charge on any atom is -0.338 e. The number of halogens is 3. The van der Waals surface area contributed by atoms with Gasteiger partial charge in [0.25, 0.3) is 0 Å². The molecule has 0 spiro atoms. The van der Waals surface area contributed by atoms with Crippen molar-refractivity contribution in [1.82, 2.24) is 14.9 Å². The van der Waals surface area contributed by atoms with Gasteiger partial charge >= 0.3 is 12.2 Å². The van der Waals surface area contributed by atoms with Crippen LogP contribution in [0.25, 0.3) is 27.8 Å². The molecule has 2 amide bonds. The zero-order chi connectivity index (χ0) is 23.6. The zero-order valence-corrected chi connectivity index (χ0v) is 18.1. The van der Waals surface area contributed by atoms with E-state index < -0.39 is 12.0 Å². The lowest BCUT2D eigenvalue weighted by molar-refractivity contribution is -0.145. The summed E-state index contributed by atoms with van der Waals surface area (Å²) in [6.45, 7) is 4.58. The largest absolute Gasteiger partial charge is 0.450 e. The fourth-order valence-electron chi connectivity index (χ4n) is 3.51.